The molecular formula is C47H50N4O4. The van der Waals surface area contributed by atoms with E-state index in [-0.39, 0.29) is 5.97 Å². The number of carbonyl (C=O) groups is 2. The van der Waals surface area contributed by atoms with Crippen LogP contribution in [0.1, 0.15) is 147 Å². The molecule has 4 aromatic heterocycles. The number of benzene rings is 2. The summed E-state index contributed by atoms with van der Waals surface area (Å²) in [6.45, 7) is 3.21. The number of carbonyl (C=O) groups excluding carboxylic acids is 1. The maximum Gasteiger partial charge on any atom is 0.339 e. The highest BCUT2D eigenvalue weighted by atomic mass is 16.5. The van der Waals surface area contributed by atoms with E-state index in [9.17, 15) is 14.7 Å². The standard InChI is InChI=1S/C24H26N2O2.C23H24N2O2/c1-2-26-22-6-4-3-5-18(22)19-11-15(7-10-23(19)26)12-21-20(24(27)28)13-17(14-25-21)16-8-9-16;1-27-23(26)19-12-16(15-7-8-15)13-24-22(19)11-14-6-9-21-18(10-14)17-4-2-3-5-20(17)25-21/h7,10-11,13-14,16H,2-6,8-9,12H2,1H3,(H,27,28);6,9-10,12-13,15,25H,2-5,7-8,11H2,1H3. The minimum atomic E-state index is -0.874. The van der Waals surface area contributed by atoms with Gasteiger partial charge in [0.05, 0.1) is 29.6 Å². The molecule has 6 aromatic rings. The predicted molar refractivity (Wildman–Crippen MR) is 216 cm³/mol. The molecule has 0 atom stereocenters. The number of rotatable bonds is 9. The fraction of sp³-hybridized carbons (Fsp3) is 0.404. The summed E-state index contributed by atoms with van der Waals surface area (Å²) in [5.41, 5.74) is 15.4. The zero-order chi connectivity index (χ0) is 37.6. The number of nitrogens with one attached hydrogen (secondary N) is 1. The van der Waals surface area contributed by atoms with Crippen molar-refractivity contribution in [2.45, 2.75) is 115 Å². The summed E-state index contributed by atoms with van der Waals surface area (Å²) in [6, 6.07) is 17.0. The van der Waals surface area contributed by atoms with Crippen LogP contribution in [-0.4, -0.2) is 43.7 Å². The van der Waals surface area contributed by atoms with E-state index in [2.05, 4.69) is 62.8 Å². The number of pyridine rings is 2. The molecule has 4 aliphatic rings. The quantitative estimate of drug-likeness (QED) is 0.143. The Labute approximate surface area is 322 Å². The number of ether oxygens (including phenoxy) is 1. The van der Waals surface area contributed by atoms with Crippen LogP contribution in [0.15, 0.2) is 60.9 Å². The molecule has 4 heterocycles. The molecule has 10 rings (SSSR count). The largest absolute Gasteiger partial charge is 0.478 e. The molecule has 2 fully saturated rings. The number of aromatic nitrogens is 4. The van der Waals surface area contributed by atoms with Gasteiger partial charge in [0.1, 0.15) is 0 Å². The number of aromatic carboxylic acids is 1. The lowest BCUT2D eigenvalue weighted by molar-refractivity contribution is 0.0598. The fourth-order valence-corrected chi connectivity index (χ4v) is 9.16. The van der Waals surface area contributed by atoms with Gasteiger partial charge in [0.15, 0.2) is 0 Å². The number of aromatic amines is 1. The van der Waals surface area contributed by atoms with E-state index in [0.717, 1.165) is 61.0 Å². The zero-order valence-electron chi connectivity index (χ0n) is 32.0. The maximum absolute atomic E-state index is 12.3. The SMILES string of the molecule is CCn1c2c(c3cc(Cc4ncc(C5CC5)cc4C(=O)O)ccc31)CCCC2.COC(=O)c1cc(C2CC2)cnc1Cc1ccc2[nH]c3c(c2c1)CCCC3. The Bertz CT molecular complexity index is 2450. The molecule has 2 N–H and O–H groups in total. The molecule has 0 amide bonds. The molecule has 0 saturated heterocycles. The van der Waals surface area contributed by atoms with Crippen molar-refractivity contribution in [3.63, 3.8) is 0 Å². The lowest BCUT2D eigenvalue weighted by Crippen LogP contribution is -2.09. The Hall–Kier alpha value is -5.24. The van der Waals surface area contributed by atoms with Crippen molar-refractivity contribution >= 4 is 33.7 Å². The van der Waals surface area contributed by atoms with Crippen LogP contribution in [0, 0.1) is 0 Å². The molecule has 8 heteroatoms. The number of aryl methyl sites for hydroxylation is 4. The summed E-state index contributed by atoms with van der Waals surface area (Å²) in [5.74, 6) is -0.0882. The van der Waals surface area contributed by atoms with Gasteiger partial charge in [0, 0.05) is 65.0 Å². The van der Waals surface area contributed by atoms with Gasteiger partial charge in [0.25, 0.3) is 0 Å². The summed E-state index contributed by atoms with van der Waals surface area (Å²) >= 11 is 0. The number of H-pyrrole nitrogens is 1. The minimum absolute atomic E-state index is 0.292. The van der Waals surface area contributed by atoms with E-state index in [0.29, 0.717) is 41.5 Å². The first-order chi connectivity index (χ1) is 26.9. The molecule has 0 spiro atoms. The maximum atomic E-state index is 12.3. The van der Waals surface area contributed by atoms with E-state index in [1.165, 1.54) is 102 Å². The second-order valence-corrected chi connectivity index (χ2v) is 16.1. The van der Waals surface area contributed by atoms with Crippen LogP contribution in [0.25, 0.3) is 21.8 Å². The summed E-state index contributed by atoms with van der Waals surface area (Å²) in [5, 5.41) is 12.4. The third-order valence-corrected chi connectivity index (χ3v) is 12.4. The number of carboxylic acids is 1. The van der Waals surface area contributed by atoms with Crippen molar-refractivity contribution in [2.24, 2.45) is 0 Å². The second-order valence-electron chi connectivity index (χ2n) is 16.1. The van der Waals surface area contributed by atoms with Crippen molar-refractivity contribution in [1.29, 1.82) is 0 Å². The van der Waals surface area contributed by atoms with Gasteiger partial charge in [-0.3, -0.25) is 9.97 Å². The molecule has 4 aliphatic carbocycles. The highest BCUT2D eigenvalue weighted by Gasteiger charge is 2.28. The van der Waals surface area contributed by atoms with Gasteiger partial charge in [-0.15, -0.1) is 0 Å². The molecule has 0 unspecified atom stereocenters. The van der Waals surface area contributed by atoms with Crippen LogP contribution in [0.3, 0.4) is 0 Å². The summed E-state index contributed by atoms with van der Waals surface area (Å²) in [4.78, 5) is 36.9. The van der Waals surface area contributed by atoms with E-state index in [4.69, 9.17) is 4.74 Å². The molecule has 2 aromatic carbocycles. The lowest BCUT2D eigenvalue weighted by atomic mass is 9.94. The van der Waals surface area contributed by atoms with Gasteiger partial charge in [-0.1, -0.05) is 12.1 Å². The summed E-state index contributed by atoms with van der Waals surface area (Å²) in [7, 11) is 1.44. The van der Waals surface area contributed by atoms with Crippen molar-refractivity contribution in [3.8, 4) is 0 Å². The normalized spacial score (nSPS) is 16.3. The summed E-state index contributed by atoms with van der Waals surface area (Å²) in [6.07, 6.45) is 19.4. The smallest absolute Gasteiger partial charge is 0.339 e. The molecule has 55 heavy (non-hydrogen) atoms. The zero-order valence-corrected chi connectivity index (χ0v) is 32.0. The molecule has 282 valence electrons. The topological polar surface area (TPSA) is 110 Å². The van der Waals surface area contributed by atoms with Gasteiger partial charge in [-0.05, 0) is 166 Å². The van der Waals surface area contributed by atoms with Crippen molar-refractivity contribution < 1.29 is 19.4 Å². The number of methoxy groups -OCH3 is 1. The van der Waals surface area contributed by atoms with Gasteiger partial charge < -0.3 is 19.4 Å². The van der Waals surface area contributed by atoms with Crippen LogP contribution < -0.4 is 0 Å². The Kier molecular flexibility index (Phi) is 9.53. The van der Waals surface area contributed by atoms with Crippen LogP contribution >= 0.6 is 0 Å². The van der Waals surface area contributed by atoms with Gasteiger partial charge in [-0.2, -0.15) is 0 Å². The third-order valence-electron chi connectivity index (χ3n) is 12.4. The Morgan fingerprint density at radius 2 is 1.36 bits per heavy atom. The van der Waals surface area contributed by atoms with Crippen molar-refractivity contribution in [3.05, 3.63) is 128 Å². The van der Waals surface area contributed by atoms with E-state index in [1.54, 1.807) is 0 Å². The number of carboxylic acid groups (broad SMARTS) is 1. The number of esters is 1. The number of fused-ring (bicyclic) bond motifs is 6. The summed E-state index contributed by atoms with van der Waals surface area (Å²) < 4.78 is 7.48. The highest BCUT2D eigenvalue weighted by molar-refractivity contribution is 5.91. The fourth-order valence-electron chi connectivity index (χ4n) is 9.16. The Balaban J connectivity index is 0.000000144. The number of hydrogen-bond donors (Lipinski definition) is 2. The lowest BCUT2D eigenvalue weighted by Gasteiger charge is -2.14. The average Bonchev–Trinajstić information content (AvgIpc) is 4.16. The first-order valence-electron chi connectivity index (χ1n) is 20.4. The minimum Gasteiger partial charge on any atom is -0.478 e. The van der Waals surface area contributed by atoms with E-state index >= 15 is 0 Å². The van der Waals surface area contributed by atoms with E-state index in [1.807, 2.05) is 24.5 Å². The first kappa shape index (κ1) is 35.5. The first-order valence-corrected chi connectivity index (χ1v) is 20.4. The third kappa shape index (κ3) is 7.07. The molecule has 0 radical (unpaired) electrons. The number of hydrogen-bond acceptors (Lipinski definition) is 5. The molecule has 0 aliphatic heterocycles. The van der Waals surface area contributed by atoms with Crippen molar-refractivity contribution in [1.82, 2.24) is 19.5 Å². The molecular weight excluding hydrogens is 685 g/mol. The predicted octanol–water partition coefficient (Wildman–Crippen LogP) is 9.80. The van der Waals surface area contributed by atoms with Gasteiger partial charge in [-0.25, -0.2) is 9.59 Å². The Morgan fingerprint density at radius 1 is 0.764 bits per heavy atom. The highest BCUT2D eigenvalue weighted by Crippen LogP contribution is 2.41. The van der Waals surface area contributed by atoms with Crippen LogP contribution in [0.4, 0.5) is 0 Å². The molecule has 2 saturated carbocycles. The van der Waals surface area contributed by atoms with E-state index < -0.39 is 5.97 Å². The van der Waals surface area contributed by atoms with Gasteiger partial charge >= 0.3 is 11.9 Å². The molecule has 8 nitrogen and oxygen atoms in total. The monoisotopic (exact) mass is 734 g/mol. The number of nitrogens with zero attached hydrogens (tertiary/aromatic N) is 3. The van der Waals surface area contributed by atoms with Crippen molar-refractivity contribution in [2.75, 3.05) is 7.11 Å². The average molecular weight is 735 g/mol. The molecule has 0 bridgehead atoms. The van der Waals surface area contributed by atoms with Crippen LogP contribution in [-0.2, 0) is 49.8 Å². The van der Waals surface area contributed by atoms with Crippen LogP contribution in [0.5, 0.6) is 0 Å². The Morgan fingerprint density at radius 3 is 2.02 bits per heavy atom. The van der Waals surface area contributed by atoms with Gasteiger partial charge in [0.2, 0.25) is 0 Å². The second kappa shape index (κ2) is 14.8. The van der Waals surface area contributed by atoms with Crippen LogP contribution in [0.2, 0.25) is 0 Å².